The fourth-order valence-electron chi connectivity index (χ4n) is 8.40. The molecule has 0 amide bonds. The predicted molar refractivity (Wildman–Crippen MR) is 180 cm³/mol. The Bertz CT molecular complexity index is 2530. The standard InChI is InChI=1S/C42H22/c1-2-8-28(30-20-22-36-32-10-4-6-24-12-14-26-16-18-34(30)42(36)40(26)38(24)32)27(7-1)29-19-21-35-31-9-3-5-23-11-13-25-15-17-33(29)41(35)39(25)37(23)31/h1-22H. The molecule has 0 atom stereocenters. The van der Waals surface area contributed by atoms with Gasteiger partial charge in [0.15, 0.2) is 0 Å². The van der Waals surface area contributed by atoms with Crippen molar-refractivity contribution in [2.75, 3.05) is 0 Å². The first-order valence-electron chi connectivity index (χ1n) is 14.8. The third-order valence-electron chi connectivity index (χ3n) is 10.1. The molecular formula is C42H22. The summed E-state index contributed by atoms with van der Waals surface area (Å²) in [5.74, 6) is 0. The van der Waals surface area contributed by atoms with Gasteiger partial charge in [0.1, 0.15) is 0 Å². The molecule has 0 N–H and O–H groups in total. The van der Waals surface area contributed by atoms with Gasteiger partial charge in [0, 0.05) is 0 Å². The minimum atomic E-state index is 1.29. The van der Waals surface area contributed by atoms with Crippen LogP contribution in [0.5, 0.6) is 0 Å². The van der Waals surface area contributed by atoms with Crippen LogP contribution in [0.3, 0.4) is 0 Å². The maximum Gasteiger partial charge on any atom is -0.00139 e. The molecule has 190 valence electrons. The maximum absolute atomic E-state index is 2.36. The van der Waals surface area contributed by atoms with E-state index < -0.39 is 0 Å². The molecule has 2 aliphatic carbocycles. The minimum Gasteiger partial charge on any atom is -0.0616 e. The smallest absolute Gasteiger partial charge is 0.00139 e. The van der Waals surface area contributed by atoms with Crippen molar-refractivity contribution in [2.24, 2.45) is 0 Å². The number of hydrogen-bond donors (Lipinski definition) is 0. The van der Waals surface area contributed by atoms with Gasteiger partial charge in [-0.25, -0.2) is 0 Å². The molecule has 0 nitrogen and oxygen atoms in total. The molecule has 9 aromatic carbocycles. The van der Waals surface area contributed by atoms with E-state index in [1.54, 1.807) is 0 Å². The van der Waals surface area contributed by atoms with E-state index in [1.165, 1.54) is 109 Å². The fraction of sp³-hybridized carbons (Fsp3) is 0. The zero-order valence-corrected chi connectivity index (χ0v) is 22.7. The van der Waals surface area contributed by atoms with Gasteiger partial charge in [-0.1, -0.05) is 133 Å². The zero-order valence-electron chi connectivity index (χ0n) is 22.7. The Morgan fingerprint density at radius 2 is 0.548 bits per heavy atom. The van der Waals surface area contributed by atoms with Crippen molar-refractivity contribution in [1.82, 2.24) is 0 Å². The van der Waals surface area contributed by atoms with Gasteiger partial charge in [-0.05, 0) is 109 Å². The molecule has 0 unspecified atom stereocenters. The summed E-state index contributed by atoms with van der Waals surface area (Å²) in [5.41, 5.74) is 10.6. The van der Waals surface area contributed by atoms with Crippen molar-refractivity contribution in [2.45, 2.75) is 0 Å². The molecule has 9 aromatic rings. The topological polar surface area (TPSA) is 0 Å². The molecule has 0 saturated heterocycles. The largest absolute Gasteiger partial charge is 0.0616 e. The minimum absolute atomic E-state index is 1.29. The van der Waals surface area contributed by atoms with E-state index in [0.717, 1.165) is 0 Å². The van der Waals surface area contributed by atoms with Crippen LogP contribution in [0.15, 0.2) is 133 Å². The van der Waals surface area contributed by atoms with E-state index >= 15 is 0 Å². The normalized spacial score (nSPS) is 12.8. The summed E-state index contributed by atoms with van der Waals surface area (Å²) in [5, 5.41) is 16.4. The Morgan fingerprint density at radius 1 is 0.190 bits per heavy atom. The fourth-order valence-corrected chi connectivity index (χ4v) is 8.40. The van der Waals surface area contributed by atoms with Crippen molar-refractivity contribution in [3.63, 3.8) is 0 Å². The van der Waals surface area contributed by atoms with E-state index in [2.05, 4.69) is 133 Å². The molecule has 2 aliphatic rings. The van der Waals surface area contributed by atoms with E-state index in [-0.39, 0.29) is 0 Å². The summed E-state index contributed by atoms with van der Waals surface area (Å²) in [4.78, 5) is 0. The SMILES string of the molecule is c1ccc(-c2ccc3c4c2ccc2ccc5cccc-3c5c24)c(-c2ccc3c4c2ccc2ccc5cccc-3c5c24)c1. The summed E-state index contributed by atoms with van der Waals surface area (Å²) < 4.78 is 0. The first kappa shape index (κ1) is 21.3. The van der Waals surface area contributed by atoms with Crippen molar-refractivity contribution in [3.8, 4) is 44.5 Å². The third-order valence-corrected chi connectivity index (χ3v) is 10.1. The molecule has 11 rings (SSSR count). The van der Waals surface area contributed by atoms with Gasteiger partial charge in [0.05, 0.1) is 0 Å². The van der Waals surface area contributed by atoms with Crippen LogP contribution in [-0.4, -0.2) is 0 Å². The Hall–Kier alpha value is -5.46. The number of fused-ring (bicyclic) bond motifs is 2. The predicted octanol–water partition coefficient (Wildman–Crippen LogP) is 11.9. The summed E-state index contributed by atoms with van der Waals surface area (Å²) in [7, 11) is 0. The van der Waals surface area contributed by atoms with Crippen LogP contribution in [0.4, 0.5) is 0 Å². The van der Waals surface area contributed by atoms with Crippen LogP contribution < -0.4 is 0 Å². The van der Waals surface area contributed by atoms with Gasteiger partial charge in [0.25, 0.3) is 0 Å². The molecule has 0 heteroatoms. The van der Waals surface area contributed by atoms with Gasteiger partial charge in [-0.15, -0.1) is 0 Å². The third kappa shape index (κ3) is 2.39. The molecule has 0 radical (unpaired) electrons. The number of hydrogen-bond acceptors (Lipinski definition) is 0. The van der Waals surface area contributed by atoms with Crippen LogP contribution in [0.25, 0.3) is 109 Å². The van der Waals surface area contributed by atoms with Crippen LogP contribution in [-0.2, 0) is 0 Å². The molecule has 0 saturated carbocycles. The Balaban J connectivity index is 1.23. The molecule has 0 fully saturated rings. The monoisotopic (exact) mass is 526 g/mol. The molecule has 0 aromatic heterocycles. The number of rotatable bonds is 2. The van der Waals surface area contributed by atoms with Gasteiger partial charge >= 0.3 is 0 Å². The Kier molecular flexibility index (Phi) is 3.67. The summed E-state index contributed by atoms with van der Waals surface area (Å²) in [6.07, 6.45) is 0. The quantitative estimate of drug-likeness (QED) is 0.197. The lowest BCUT2D eigenvalue weighted by Crippen LogP contribution is -1.89. The van der Waals surface area contributed by atoms with Crippen molar-refractivity contribution < 1.29 is 0 Å². The van der Waals surface area contributed by atoms with E-state index in [9.17, 15) is 0 Å². The summed E-state index contributed by atoms with van der Waals surface area (Å²) in [6, 6.07) is 50.3. The van der Waals surface area contributed by atoms with E-state index in [0.29, 0.717) is 0 Å². The highest BCUT2D eigenvalue weighted by Gasteiger charge is 2.25. The van der Waals surface area contributed by atoms with Gasteiger partial charge in [-0.3, -0.25) is 0 Å². The second kappa shape index (κ2) is 7.24. The molecule has 42 heavy (non-hydrogen) atoms. The molecule has 0 spiro atoms. The molecule has 0 aliphatic heterocycles. The van der Waals surface area contributed by atoms with Crippen LogP contribution in [0.1, 0.15) is 0 Å². The number of benzene rings is 9. The van der Waals surface area contributed by atoms with Gasteiger partial charge in [0.2, 0.25) is 0 Å². The maximum atomic E-state index is 2.36. The summed E-state index contributed by atoms with van der Waals surface area (Å²) in [6.45, 7) is 0. The average molecular weight is 527 g/mol. The first-order valence-corrected chi connectivity index (χ1v) is 14.8. The first-order chi connectivity index (χ1) is 20.8. The molecule has 0 heterocycles. The van der Waals surface area contributed by atoms with Crippen molar-refractivity contribution in [3.05, 3.63) is 133 Å². The summed E-state index contributed by atoms with van der Waals surface area (Å²) >= 11 is 0. The lowest BCUT2D eigenvalue weighted by atomic mass is 9.87. The Labute approximate surface area is 242 Å². The zero-order chi connectivity index (χ0) is 27.1. The van der Waals surface area contributed by atoms with Gasteiger partial charge in [-0.2, -0.15) is 0 Å². The molecule has 0 bridgehead atoms. The average Bonchev–Trinajstić information content (AvgIpc) is 3.58. The lowest BCUT2D eigenvalue weighted by Gasteiger charge is -2.16. The lowest BCUT2D eigenvalue weighted by molar-refractivity contribution is 1.63. The van der Waals surface area contributed by atoms with Crippen LogP contribution in [0, 0.1) is 0 Å². The van der Waals surface area contributed by atoms with Gasteiger partial charge < -0.3 is 0 Å². The van der Waals surface area contributed by atoms with Crippen molar-refractivity contribution >= 4 is 64.6 Å². The van der Waals surface area contributed by atoms with Crippen LogP contribution >= 0.6 is 0 Å². The van der Waals surface area contributed by atoms with E-state index in [1.807, 2.05) is 0 Å². The highest BCUT2D eigenvalue weighted by molar-refractivity contribution is 6.36. The highest BCUT2D eigenvalue weighted by atomic mass is 14.3. The second-order valence-corrected chi connectivity index (χ2v) is 12.0. The second-order valence-electron chi connectivity index (χ2n) is 12.0. The van der Waals surface area contributed by atoms with Crippen LogP contribution in [0.2, 0.25) is 0 Å². The Morgan fingerprint density at radius 3 is 1.02 bits per heavy atom. The highest BCUT2D eigenvalue weighted by Crippen LogP contribution is 2.52. The molecular weight excluding hydrogens is 504 g/mol. The van der Waals surface area contributed by atoms with Crippen molar-refractivity contribution in [1.29, 1.82) is 0 Å². The van der Waals surface area contributed by atoms with E-state index in [4.69, 9.17) is 0 Å².